The molecule has 3 aromatic rings. The smallest absolute Gasteiger partial charge is 0.111 e. The Labute approximate surface area is 111 Å². The molecule has 0 spiro atoms. The van der Waals surface area contributed by atoms with Crippen LogP contribution in [0.3, 0.4) is 0 Å². The average Bonchev–Trinajstić information content (AvgIpc) is 2.80. The van der Waals surface area contributed by atoms with E-state index in [4.69, 9.17) is 5.26 Å². The van der Waals surface area contributed by atoms with Crippen LogP contribution in [0.15, 0.2) is 42.5 Å². The molecule has 1 N–H and O–H groups in total. The van der Waals surface area contributed by atoms with Crippen LogP contribution in [0, 0.1) is 18.3 Å². The molecule has 0 amide bonds. The topological polar surface area (TPSA) is 52.5 Å². The van der Waals surface area contributed by atoms with Crippen molar-refractivity contribution in [2.75, 3.05) is 0 Å². The van der Waals surface area contributed by atoms with Gasteiger partial charge in [-0.1, -0.05) is 35.9 Å². The predicted octanol–water partition coefficient (Wildman–Crippen LogP) is 3.33. The third-order valence-corrected chi connectivity index (χ3v) is 3.14. The first-order chi connectivity index (χ1) is 9.26. The van der Waals surface area contributed by atoms with Gasteiger partial charge in [-0.2, -0.15) is 5.26 Å². The molecular formula is C16H13N3. The molecule has 3 rings (SSSR count). The van der Waals surface area contributed by atoms with E-state index in [2.05, 4.69) is 41.2 Å². The van der Waals surface area contributed by atoms with E-state index < -0.39 is 0 Å². The van der Waals surface area contributed by atoms with Crippen molar-refractivity contribution in [3.63, 3.8) is 0 Å². The molecular weight excluding hydrogens is 234 g/mol. The number of rotatable bonds is 2. The van der Waals surface area contributed by atoms with Crippen molar-refractivity contribution in [3.8, 4) is 6.07 Å². The molecule has 0 unspecified atom stereocenters. The summed E-state index contributed by atoms with van der Waals surface area (Å²) in [7, 11) is 0. The molecule has 0 saturated heterocycles. The van der Waals surface area contributed by atoms with Gasteiger partial charge in [0, 0.05) is 6.42 Å². The molecule has 0 bridgehead atoms. The summed E-state index contributed by atoms with van der Waals surface area (Å²) in [5.41, 5.74) is 4.75. The summed E-state index contributed by atoms with van der Waals surface area (Å²) in [5, 5.41) is 9.07. The summed E-state index contributed by atoms with van der Waals surface area (Å²) in [4.78, 5) is 7.81. The van der Waals surface area contributed by atoms with Gasteiger partial charge in [-0.05, 0) is 24.6 Å². The zero-order valence-electron chi connectivity index (χ0n) is 10.6. The van der Waals surface area contributed by atoms with Gasteiger partial charge in [-0.15, -0.1) is 0 Å². The van der Waals surface area contributed by atoms with Crippen LogP contribution >= 0.6 is 0 Å². The highest BCUT2D eigenvalue weighted by Crippen LogP contribution is 2.17. The Morgan fingerprint density at radius 2 is 2.05 bits per heavy atom. The number of aromatic nitrogens is 2. The van der Waals surface area contributed by atoms with Crippen LogP contribution in [0.5, 0.6) is 0 Å². The lowest BCUT2D eigenvalue weighted by molar-refractivity contribution is 1.04. The number of aromatic amines is 1. The van der Waals surface area contributed by atoms with Gasteiger partial charge in [0.25, 0.3) is 0 Å². The minimum atomic E-state index is 0.615. The Morgan fingerprint density at radius 3 is 2.84 bits per heavy atom. The molecule has 0 fully saturated rings. The highest BCUT2D eigenvalue weighted by molar-refractivity contribution is 5.81. The molecule has 2 aromatic carbocycles. The molecule has 0 aliphatic rings. The maximum atomic E-state index is 9.07. The van der Waals surface area contributed by atoms with Gasteiger partial charge in [0.05, 0.1) is 11.1 Å². The van der Waals surface area contributed by atoms with Crippen molar-refractivity contribution in [3.05, 3.63) is 65.0 Å². The standard InChI is InChI=1S/C16H13N3/c1-11-4-2-5-12(8-11)9-15-18-14-7-3-6-13(10-17)16(14)19-15/h2-8H,9H2,1H3,(H,18,19). The van der Waals surface area contributed by atoms with Crippen LogP contribution < -0.4 is 0 Å². The van der Waals surface area contributed by atoms with Crippen LogP contribution in [0.2, 0.25) is 0 Å². The number of hydrogen-bond donors (Lipinski definition) is 1. The number of hydrogen-bond acceptors (Lipinski definition) is 2. The molecule has 0 radical (unpaired) electrons. The zero-order valence-corrected chi connectivity index (χ0v) is 10.6. The minimum absolute atomic E-state index is 0.615. The van der Waals surface area contributed by atoms with Crippen LogP contribution in [-0.2, 0) is 6.42 Å². The normalized spacial score (nSPS) is 10.5. The lowest BCUT2D eigenvalue weighted by atomic mass is 10.1. The molecule has 3 nitrogen and oxygen atoms in total. The number of aryl methyl sites for hydroxylation is 1. The summed E-state index contributed by atoms with van der Waals surface area (Å²) in [6.07, 6.45) is 0.751. The van der Waals surface area contributed by atoms with Crippen molar-refractivity contribution in [1.82, 2.24) is 9.97 Å². The van der Waals surface area contributed by atoms with Gasteiger partial charge >= 0.3 is 0 Å². The van der Waals surface area contributed by atoms with E-state index in [1.54, 1.807) is 6.07 Å². The molecule has 0 atom stereocenters. The highest BCUT2D eigenvalue weighted by atomic mass is 14.9. The number of imidazole rings is 1. The molecule has 1 aromatic heterocycles. The van der Waals surface area contributed by atoms with E-state index in [1.165, 1.54) is 11.1 Å². The van der Waals surface area contributed by atoms with Crippen LogP contribution in [0.4, 0.5) is 0 Å². The maximum Gasteiger partial charge on any atom is 0.111 e. The number of nitriles is 1. The molecule has 1 heterocycles. The molecule has 0 saturated carbocycles. The number of H-pyrrole nitrogens is 1. The number of benzene rings is 2. The Morgan fingerprint density at radius 1 is 1.21 bits per heavy atom. The second-order valence-corrected chi connectivity index (χ2v) is 4.66. The van der Waals surface area contributed by atoms with Gasteiger partial charge in [0.2, 0.25) is 0 Å². The quantitative estimate of drug-likeness (QED) is 0.755. The monoisotopic (exact) mass is 247 g/mol. The number of para-hydroxylation sites is 1. The van der Waals surface area contributed by atoms with Crippen LogP contribution in [0.1, 0.15) is 22.5 Å². The van der Waals surface area contributed by atoms with E-state index in [-0.39, 0.29) is 0 Å². The summed E-state index contributed by atoms with van der Waals surface area (Å²) in [6.45, 7) is 2.08. The fourth-order valence-corrected chi connectivity index (χ4v) is 2.27. The minimum Gasteiger partial charge on any atom is -0.342 e. The fourth-order valence-electron chi connectivity index (χ4n) is 2.27. The van der Waals surface area contributed by atoms with Gasteiger partial charge < -0.3 is 4.98 Å². The van der Waals surface area contributed by atoms with Gasteiger partial charge in [-0.25, -0.2) is 4.98 Å². The fraction of sp³-hybridized carbons (Fsp3) is 0.125. The molecule has 92 valence electrons. The predicted molar refractivity (Wildman–Crippen MR) is 74.8 cm³/mol. The number of nitrogens with zero attached hydrogens (tertiary/aromatic N) is 2. The largest absolute Gasteiger partial charge is 0.342 e. The lowest BCUT2D eigenvalue weighted by Gasteiger charge is -1.99. The first kappa shape index (κ1) is 11.5. The van der Waals surface area contributed by atoms with Gasteiger partial charge in [0.15, 0.2) is 0 Å². The van der Waals surface area contributed by atoms with E-state index >= 15 is 0 Å². The first-order valence-electron chi connectivity index (χ1n) is 6.19. The Balaban J connectivity index is 2.01. The third-order valence-electron chi connectivity index (χ3n) is 3.14. The van der Waals surface area contributed by atoms with E-state index in [0.717, 1.165) is 23.3 Å². The number of fused-ring (bicyclic) bond motifs is 1. The van der Waals surface area contributed by atoms with Crippen molar-refractivity contribution in [2.45, 2.75) is 13.3 Å². The second kappa shape index (κ2) is 4.58. The van der Waals surface area contributed by atoms with Crippen molar-refractivity contribution in [2.24, 2.45) is 0 Å². The summed E-state index contributed by atoms with van der Waals surface area (Å²) < 4.78 is 0. The Kier molecular flexibility index (Phi) is 2.77. The van der Waals surface area contributed by atoms with E-state index in [9.17, 15) is 0 Å². The average molecular weight is 247 g/mol. The highest BCUT2D eigenvalue weighted by Gasteiger charge is 2.07. The maximum absolute atomic E-state index is 9.07. The second-order valence-electron chi connectivity index (χ2n) is 4.66. The van der Waals surface area contributed by atoms with E-state index in [0.29, 0.717) is 5.56 Å². The Bertz CT molecular complexity index is 778. The first-order valence-corrected chi connectivity index (χ1v) is 6.19. The molecule has 3 heteroatoms. The lowest BCUT2D eigenvalue weighted by Crippen LogP contribution is -1.90. The molecule has 0 aliphatic heterocycles. The molecule has 0 aliphatic carbocycles. The van der Waals surface area contributed by atoms with Gasteiger partial charge in [-0.3, -0.25) is 0 Å². The summed E-state index contributed by atoms with van der Waals surface area (Å²) in [5.74, 6) is 0.892. The zero-order chi connectivity index (χ0) is 13.2. The van der Waals surface area contributed by atoms with Crippen molar-refractivity contribution in [1.29, 1.82) is 5.26 Å². The Hall–Kier alpha value is -2.60. The summed E-state index contributed by atoms with van der Waals surface area (Å²) in [6, 6.07) is 16.2. The van der Waals surface area contributed by atoms with Crippen molar-refractivity contribution < 1.29 is 0 Å². The van der Waals surface area contributed by atoms with E-state index in [1.807, 2.05) is 18.2 Å². The summed E-state index contributed by atoms with van der Waals surface area (Å²) >= 11 is 0. The third kappa shape index (κ3) is 2.21. The van der Waals surface area contributed by atoms with Crippen molar-refractivity contribution >= 4 is 11.0 Å². The van der Waals surface area contributed by atoms with Gasteiger partial charge in [0.1, 0.15) is 17.4 Å². The SMILES string of the molecule is Cc1cccc(Cc2nc3c(C#N)cccc3[nH]2)c1. The van der Waals surface area contributed by atoms with Crippen LogP contribution in [0.25, 0.3) is 11.0 Å². The molecule has 19 heavy (non-hydrogen) atoms. The van der Waals surface area contributed by atoms with Crippen LogP contribution in [-0.4, -0.2) is 9.97 Å². The number of nitrogens with one attached hydrogen (secondary N) is 1.